The van der Waals surface area contributed by atoms with Crippen LogP contribution < -0.4 is 5.32 Å². The maximum absolute atomic E-state index is 11.5. The number of carbonyl (C=O) groups excluding carboxylic acids is 2. The van der Waals surface area contributed by atoms with Gasteiger partial charge in [0.2, 0.25) is 5.91 Å². The summed E-state index contributed by atoms with van der Waals surface area (Å²) in [5.74, 6) is -1.79. The summed E-state index contributed by atoms with van der Waals surface area (Å²) in [5.41, 5.74) is 0. The van der Waals surface area contributed by atoms with Crippen LogP contribution in [0.4, 0.5) is 0 Å². The molecule has 128 valence electrons. The zero-order valence-electron chi connectivity index (χ0n) is 13.6. The van der Waals surface area contributed by atoms with Gasteiger partial charge in [-0.2, -0.15) is 0 Å². The first-order valence-electron chi connectivity index (χ1n) is 7.07. The van der Waals surface area contributed by atoms with E-state index in [-0.39, 0.29) is 18.9 Å². The molecule has 22 heavy (non-hydrogen) atoms. The van der Waals surface area contributed by atoms with Gasteiger partial charge in [0, 0.05) is 20.5 Å². The lowest BCUT2D eigenvalue weighted by molar-refractivity contribution is -0.157. The van der Waals surface area contributed by atoms with Gasteiger partial charge in [0.15, 0.2) is 11.9 Å². The van der Waals surface area contributed by atoms with Gasteiger partial charge in [0.05, 0.1) is 25.9 Å². The average molecular weight is 319 g/mol. The molecule has 0 aromatic heterocycles. The number of methoxy groups -OCH3 is 2. The minimum Gasteiger partial charge on any atom is -0.467 e. The molecule has 0 aromatic carbocycles. The quantitative estimate of drug-likeness (QED) is 0.614. The molecule has 8 heteroatoms. The third-order valence-corrected chi connectivity index (χ3v) is 3.43. The number of nitrogens with one attached hydrogen (secondary N) is 1. The number of hydrogen-bond donors (Lipinski definition) is 2. The summed E-state index contributed by atoms with van der Waals surface area (Å²) < 4.78 is 21.1. The predicted molar refractivity (Wildman–Crippen MR) is 75.9 cm³/mol. The van der Waals surface area contributed by atoms with Crippen molar-refractivity contribution in [1.29, 1.82) is 0 Å². The molecule has 0 radical (unpaired) electrons. The number of hydrogen-bond acceptors (Lipinski definition) is 7. The second-order valence-electron chi connectivity index (χ2n) is 5.64. The van der Waals surface area contributed by atoms with E-state index in [2.05, 4.69) is 10.1 Å². The van der Waals surface area contributed by atoms with E-state index in [4.69, 9.17) is 14.2 Å². The van der Waals surface area contributed by atoms with Crippen molar-refractivity contribution in [3.63, 3.8) is 0 Å². The number of esters is 1. The lowest BCUT2D eigenvalue weighted by Gasteiger charge is -2.31. The Morgan fingerprint density at radius 1 is 1.41 bits per heavy atom. The summed E-state index contributed by atoms with van der Waals surface area (Å²) in [7, 11) is 2.62. The highest BCUT2D eigenvalue weighted by Crippen LogP contribution is 2.27. The van der Waals surface area contributed by atoms with E-state index < -0.39 is 36.1 Å². The Labute approximate surface area is 130 Å². The van der Waals surface area contributed by atoms with Gasteiger partial charge in [0.1, 0.15) is 6.10 Å². The molecular formula is C14H25NO7. The number of rotatable bonds is 7. The summed E-state index contributed by atoms with van der Waals surface area (Å²) in [6, 6.07) is -0.566. The number of aliphatic hydroxyl groups is 1. The van der Waals surface area contributed by atoms with Gasteiger partial charge >= 0.3 is 5.97 Å². The van der Waals surface area contributed by atoms with Crippen molar-refractivity contribution < 1.29 is 33.6 Å². The molecule has 0 saturated carbocycles. The molecule has 1 amide bonds. The Morgan fingerprint density at radius 3 is 2.45 bits per heavy atom. The van der Waals surface area contributed by atoms with Crippen molar-refractivity contribution in [2.75, 3.05) is 20.8 Å². The van der Waals surface area contributed by atoms with Crippen LogP contribution in [0.2, 0.25) is 0 Å². The van der Waals surface area contributed by atoms with Crippen LogP contribution in [0, 0.1) is 0 Å². The third-order valence-electron chi connectivity index (χ3n) is 3.43. The van der Waals surface area contributed by atoms with Gasteiger partial charge in [-0.05, 0) is 13.8 Å². The fourth-order valence-corrected chi connectivity index (χ4v) is 2.39. The highest BCUT2D eigenvalue weighted by Gasteiger charge is 2.42. The van der Waals surface area contributed by atoms with Crippen LogP contribution in [-0.2, 0) is 28.5 Å². The van der Waals surface area contributed by atoms with Crippen LogP contribution >= 0.6 is 0 Å². The van der Waals surface area contributed by atoms with Crippen LogP contribution in [0.15, 0.2) is 0 Å². The fourth-order valence-electron chi connectivity index (χ4n) is 2.39. The molecule has 4 atom stereocenters. The second kappa shape index (κ2) is 7.87. The molecule has 1 unspecified atom stereocenters. The summed E-state index contributed by atoms with van der Waals surface area (Å²) in [6.07, 6.45) is -2.47. The number of aliphatic hydroxyl groups excluding tert-OH is 1. The minimum atomic E-state index is -1.35. The van der Waals surface area contributed by atoms with Gasteiger partial charge in [-0.3, -0.25) is 4.79 Å². The summed E-state index contributed by atoms with van der Waals surface area (Å²) in [4.78, 5) is 22.8. The molecule has 1 aliphatic rings. The molecule has 8 nitrogen and oxygen atoms in total. The van der Waals surface area contributed by atoms with E-state index in [1.54, 1.807) is 13.8 Å². The van der Waals surface area contributed by atoms with E-state index in [1.165, 1.54) is 21.1 Å². The highest BCUT2D eigenvalue weighted by atomic mass is 16.7. The number of amides is 1. The first-order valence-corrected chi connectivity index (χ1v) is 7.07. The molecule has 1 fully saturated rings. The van der Waals surface area contributed by atoms with Gasteiger partial charge in [-0.15, -0.1) is 0 Å². The zero-order valence-corrected chi connectivity index (χ0v) is 13.6. The minimum absolute atomic E-state index is 0.0333. The van der Waals surface area contributed by atoms with Crippen molar-refractivity contribution in [2.24, 2.45) is 0 Å². The maximum Gasteiger partial charge on any atom is 0.334 e. The number of ether oxygens (including phenoxy) is 4. The Kier molecular flexibility index (Phi) is 6.73. The van der Waals surface area contributed by atoms with E-state index >= 15 is 0 Å². The smallest absolute Gasteiger partial charge is 0.334 e. The van der Waals surface area contributed by atoms with Gasteiger partial charge in [-0.1, -0.05) is 0 Å². The van der Waals surface area contributed by atoms with Crippen LogP contribution in [0.1, 0.15) is 27.2 Å². The Balaban J connectivity index is 2.83. The largest absolute Gasteiger partial charge is 0.467 e. The first-order chi connectivity index (χ1) is 10.2. The topological polar surface area (TPSA) is 103 Å². The summed E-state index contributed by atoms with van der Waals surface area (Å²) in [6.45, 7) is 5.18. The van der Waals surface area contributed by atoms with Crippen LogP contribution in [0.5, 0.6) is 0 Å². The number of carbonyl (C=O) groups is 2. The third kappa shape index (κ3) is 5.20. The standard InChI is InChI=1S/C14H25NO7/c1-8(16)15-12(11-7-21-14(2,3)22-11)10(19-4)6-9(17)13(18)20-5/h9-12,17H,6-7H2,1-5H3,(H,15,16)/t9?,10-,11-,12+/m0/s1. The van der Waals surface area contributed by atoms with Crippen molar-refractivity contribution in [1.82, 2.24) is 5.32 Å². The van der Waals surface area contributed by atoms with Gasteiger partial charge in [-0.25, -0.2) is 4.79 Å². The fraction of sp³-hybridized carbons (Fsp3) is 0.857. The van der Waals surface area contributed by atoms with Crippen LogP contribution in [0.3, 0.4) is 0 Å². The monoisotopic (exact) mass is 319 g/mol. The normalized spacial score (nSPS) is 24.4. The molecule has 1 aliphatic heterocycles. The average Bonchev–Trinajstić information content (AvgIpc) is 2.81. The van der Waals surface area contributed by atoms with Crippen LogP contribution in [-0.4, -0.2) is 68.0 Å². The zero-order chi connectivity index (χ0) is 16.9. The summed E-state index contributed by atoms with van der Waals surface area (Å²) in [5, 5.41) is 12.5. The van der Waals surface area contributed by atoms with E-state index in [9.17, 15) is 14.7 Å². The molecule has 1 rings (SSSR count). The van der Waals surface area contributed by atoms with Crippen molar-refractivity contribution in [2.45, 2.75) is 57.3 Å². The SMILES string of the molecule is COC(=O)C(O)C[C@H](OC)[C@@H](NC(C)=O)[C@@H]1COC(C)(C)O1. The van der Waals surface area contributed by atoms with Crippen LogP contribution in [0.25, 0.3) is 0 Å². The van der Waals surface area contributed by atoms with Gasteiger partial charge < -0.3 is 29.4 Å². The Morgan fingerprint density at radius 2 is 2.05 bits per heavy atom. The van der Waals surface area contributed by atoms with E-state index in [0.717, 1.165) is 0 Å². The lowest BCUT2D eigenvalue weighted by atomic mass is 9.99. The lowest BCUT2D eigenvalue weighted by Crippen LogP contribution is -2.53. The molecular weight excluding hydrogens is 294 g/mol. The van der Waals surface area contributed by atoms with Crippen molar-refractivity contribution >= 4 is 11.9 Å². The molecule has 2 N–H and O–H groups in total. The first kappa shape index (κ1) is 18.8. The second-order valence-corrected chi connectivity index (χ2v) is 5.64. The van der Waals surface area contributed by atoms with Crippen molar-refractivity contribution in [3.05, 3.63) is 0 Å². The molecule has 0 spiro atoms. The molecule has 0 aromatic rings. The van der Waals surface area contributed by atoms with E-state index in [1.807, 2.05) is 0 Å². The molecule has 0 bridgehead atoms. The predicted octanol–water partition coefficient (Wildman–Crippen LogP) is -0.418. The van der Waals surface area contributed by atoms with E-state index in [0.29, 0.717) is 0 Å². The molecule has 1 heterocycles. The highest BCUT2D eigenvalue weighted by molar-refractivity contribution is 5.74. The van der Waals surface area contributed by atoms with Gasteiger partial charge in [0.25, 0.3) is 0 Å². The Hall–Kier alpha value is -1.22. The molecule has 0 aliphatic carbocycles. The maximum atomic E-state index is 11.5. The molecule has 1 saturated heterocycles. The summed E-state index contributed by atoms with van der Waals surface area (Å²) >= 11 is 0. The Bertz CT molecular complexity index is 399. The van der Waals surface area contributed by atoms with Crippen molar-refractivity contribution in [3.8, 4) is 0 Å².